The predicted octanol–water partition coefficient (Wildman–Crippen LogP) is 3.34. The van der Waals surface area contributed by atoms with Crippen molar-refractivity contribution in [3.63, 3.8) is 0 Å². The molecule has 1 aliphatic heterocycles. The summed E-state index contributed by atoms with van der Waals surface area (Å²) in [5.74, 6) is -0.564. The quantitative estimate of drug-likeness (QED) is 0.343. The SMILES string of the molecule is C[C@@H]1CN([C@@H](C)CO)C(=O)c2cc(NS(=O)(=O)c3ccccc3)ccc2O[C@@H](C)CCCCO[C@@H]1CN(C)S(=O)(=O)c1cn(C)cn1. The molecule has 4 atom stereocenters. The summed E-state index contributed by atoms with van der Waals surface area (Å²) in [6.07, 6.45) is 4.10. The number of amides is 1. The third-order valence-electron chi connectivity index (χ3n) is 8.15. The second kappa shape index (κ2) is 15.6. The molecular weight excluding hydrogens is 647 g/mol. The van der Waals surface area contributed by atoms with Gasteiger partial charge in [0, 0.05) is 51.6 Å². The molecule has 2 N–H and O–H groups in total. The monoisotopic (exact) mass is 691 g/mol. The topological polar surface area (TPSA) is 160 Å². The summed E-state index contributed by atoms with van der Waals surface area (Å²) >= 11 is 0. The van der Waals surface area contributed by atoms with Gasteiger partial charge >= 0.3 is 0 Å². The number of hydrogen-bond donors (Lipinski definition) is 2. The minimum atomic E-state index is -3.94. The molecule has 0 radical (unpaired) electrons. The van der Waals surface area contributed by atoms with Gasteiger partial charge in [0.05, 0.1) is 41.6 Å². The van der Waals surface area contributed by atoms with Crippen molar-refractivity contribution in [3.8, 4) is 5.75 Å². The van der Waals surface area contributed by atoms with Crippen molar-refractivity contribution in [1.29, 1.82) is 0 Å². The van der Waals surface area contributed by atoms with Crippen LogP contribution in [0, 0.1) is 5.92 Å². The predicted molar refractivity (Wildman–Crippen MR) is 177 cm³/mol. The maximum Gasteiger partial charge on any atom is 0.261 e. The van der Waals surface area contributed by atoms with Gasteiger partial charge in [-0.05, 0) is 63.4 Å². The Balaban J connectivity index is 1.68. The number of hydrogen-bond acceptors (Lipinski definition) is 9. The number of anilines is 1. The van der Waals surface area contributed by atoms with Crippen LogP contribution in [-0.4, -0.2) is 98.2 Å². The Morgan fingerprint density at radius 3 is 2.49 bits per heavy atom. The number of fused-ring (bicyclic) bond motifs is 1. The van der Waals surface area contributed by atoms with Crippen LogP contribution in [-0.2, 0) is 31.8 Å². The van der Waals surface area contributed by atoms with Gasteiger partial charge in [0.1, 0.15) is 5.75 Å². The Morgan fingerprint density at radius 1 is 1.11 bits per heavy atom. The molecule has 2 heterocycles. The molecule has 13 nitrogen and oxygen atoms in total. The maximum atomic E-state index is 14.3. The second-order valence-electron chi connectivity index (χ2n) is 12.1. The lowest BCUT2D eigenvalue weighted by Gasteiger charge is -2.35. The fourth-order valence-corrected chi connectivity index (χ4v) is 7.51. The van der Waals surface area contributed by atoms with Gasteiger partial charge in [-0.1, -0.05) is 25.1 Å². The van der Waals surface area contributed by atoms with Gasteiger partial charge in [-0.25, -0.2) is 21.8 Å². The van der Waals surface area contributed by atoms with E-state index in [1.807, 2.05) is 13.8 Å². The fraction of sp³-hybridized carbons (Fsp3) is 0.500. The molecule has 2 aromatic carbocycles. The average Bonchev–Trinajstić information content (AvgIpc) is 3.49. The average molecular weight is 692 g/mol. The van der Waals surface area contributed by atoms with Crippen LogP contribution in [0.15, 0.2) is 71.0 Å². The van der Waals surface area contributed by atoms with E-state index in [0.29, 0.717) is 25.2 Å². The Bertz CT molecular complexity index is 1720. The van der Waals surface area contributed by atoms with Crippen LogP contribution < -0.4 is 9.46 Å². The van der Waals surface area contributed by atoms with E-state index >= 15 is 0 Å². The van der Waals surface area contributed by atoms with Gasteiger partial charge in [-0.3, -0.25) is 9.52 Å². The number of nitrogens with one attached hydrogen (secondary N) is 1. The summed E-state index contributed by atoms with van der Waals surface area (Å²) < 4.78 is 70.6. The number of ether oxygens (including phenoxy) is 2. The standard InChI is InChI=1S/C32H45N5O8S2/c1-23-18-37(24(2)21-38)32(39)28-17-26(34-46(40,41)27-12-7-6-8-13-27)14-15-29(28)45-25(3)11-9-10-16-44-30(23)19-36(5)47(42,43)31-20-35(4)22-33-31/h6-8,12-15,17,20,22-25,30,34,38H,9-11,16,18-19,21H2,1-5H3/t23-,24+,25+,30-/m1/s1. The summed E-state index contributed by atoms with van der Waals surface area (Å²) in [5, 5.41) is 10.1. The number of carbonyl (C=O) groups is 1. The van der Waals surface area contributed by atoms with Crippen LogP contribution in [0.3, 0.4) is 0 Å². The van der Waals surface area contributed by atoms with Crippen molar-refractivity contribution < 1.29 is 36.2 Å². The highest BCUT2D eigenvalue weighted by Gasteiger charge is 2.33. The van der Waals surface area contributed by atoms with Gasteiger partial charge in [-0.15, -0.1) is 0 Å². The highest BCUT2D eigenvalue weighted by Crippen LogP contribution is 2.30. The van der Waals surface area contributed by atoms with Crippen molar-refractivity contribution in [1.82, 2.24) is 18.8 Å². The molecule has 1 aliphatic rings. The van der Waals surface area contributed by atoms with Gasteiger partial charge in [0.25, 0.3) is 26.0 Å². The number of aryl methyl sites for hydroxylation is 1. The number of nitrogens with zero attached hydrogens (tertiary/aromatic N) is 4. The number of aliphatic hydroxyl groups is 1. The number of likely N-dealkylation sites (N-methyl/N-ethyl adjacent to an activating group) is 1. The fourth-order valence-electron chi connectivity index (χ4n) is 5.30. The van der Waals surface area contributed by atoms with E-state index in [4.69, 9.17) is 9.47 Å². The zero-order chi connectivity index (χ0) is 34.4. The molecule has 3 aromatic rings. The van der Waals surface area contributed by atoms with Gasteiger partial charge in [0.15, 0.2) is 5.03 Å². The first-order chi connectivity index (χ1) is 22.2. The molecule has 0 bridgehead atoms. The van der Waals surface area contributed by atoms with Crippen LogP contribution in [0.4, 0.5) is 5.69 Å². The number of rotatable bonds is 9. The minimum absolute atomic E-state index is 0.0110. The van der Waals surface area contributed by atoms with E-state index in [-0.39, 0.29) is 52.9 Å². The van der Waals surface area contributed by atoms with Crippen LogP contribution in [0.2, 0.25) is 0 Å². The molecule has 0 aliphatic carbocycles. The zero-order valence-electron chi connectivity index (χ0n) is 27.4. The molecule has 0 fully saturated rings. The maximum absolute atomic E-state index is 14.3. The summed E-state index contributed by atoms with van der Waals surface area (Å²) in [7, 11) is -4.69. The molecule has 0 saturated carbocycles. The third kappa shape index (κ3) is 9.11. The highest BCUT2D eigenvalue weighted by molar-refractivity contribution is 7.92. The molecule has 15 heteroatoms. The summed E-state index contributed by atoms with van der Waals surface area (Å²) in [6.45, 7) is 5.62. The molecule has 0 unspecified atom stereocenters. The summed E-state index contributed by atoms with van der Waals surface area (Å²) in [5.41, 5.74) is 0.299. The van der Waals surface area contributed by atoms with Crippen molar-refractivity contribution in [2.24, 2.45) is 13.0 Å². The number of sulfonamides is 2. The third-order valence-corrected chi connectivity index (χ3v) is 11.3. The van der Waals surface area contributed by atoms with E-state index in [9.17, 15) is 26.7 Å². The van der Waals surface area contributed by atoms with E-state index in [1.165, 1.54) is 47.0 Å². The molecule has 47 heavy (non-hydrogen) atoms. The van der Waals surface area contributed by atoms with Gasteiger partial charge in [-0.2, -0.15) is 4.31 Å². The normalized spacial score (nSPS) is 21.0. The lowest BCUT2D eigenvalue weighted by atomic mass is 10.0. The second-order valence-corrected chi connectivity index (χ2v) is 15.8. The molecule has 1 aromatic heterocycles. The number of aliphatic hydroxyl groups excluding tert-OH is 1. The Morgan fingerprint density at radius 2 is 1.83 bits per heavy atom. The first-order valence-electron chi connectivity index (χ1n) is 15.6. The zero-order valence-corrected chi connectivity index (χ0v) is 29.1. The largest absolute Gasteiger partial charge is 0.490 e. The van der Waals surface area contributed by atoms with Crippen molar-refractivity contribution >= 4 is 31.6 Å². The van der Waals surface area contributed by atoms with E-state index < -0.39 is 38.1 Å². The van der Waals surface area contributed by atoms with Crippen LogP contribution in [0.5, 0.6) is 5.75 Å². The molecule has 0 spiro atoms. The smallest absolute Gasteiger partial charge is 0.261 e. The number of carbonyl (C=O) groups excluding carboxylic acids is 1. The van der Waals surface area contributed by atoms with Crippen molar-refractivity contribution in [3.05, 3.63) is 66.6 Å². The lowest BCUT2D eigenvalue weighted by molar-refractivity contribution is -0.00835. The van der Waals surface area contributed by atoms with Crippen molar-refractivity contribution in [2.75, 3.05) is 38.1 Å². The molecule has 4 rings (SSSR count). The van der Waals surface area contributed by atoms with Crippen LogP contribution >= 0.6 is 0 Å². The molecular formula is C32H45N5O8S2. The minimum Gasteiger partial charge on any atom is -0.490 e. The molecule has 258 valence electrons. The Kier molecular flexibility index (Phi) is 12.1. The lowest BCUT2D eigenvalue weighted by Crippen LogP contribution is -2.48. The number of imidazole rings is 1. The van der Waals surface area contributed by atoms with E-state index in [1.54, 1.807) is 48.9 Å². The molecule has 0 saturated heterocycles. The van der Waals surface area contributed by atoms with E-state index in [0.717, 1.165) is 6.42 Å². The highest BCUT2D eigenvalue weighted by atomic mass is 32.2. The summed E-state index contributed by atoms with van der Waals surface area (Å²) in [6, 6.07) is 11.8. The van der Waals surface area contributed by atoms with E-state index in [2.05, 4.69) is 9.71 Å². The van der Waals surface area contributed by atoms with Crippen LogP contribution in [0.25, 0.3) is 0 Å². The Hall–Kier alpha value is -3.50. The number of benzene rings is 2. The number of aromatic nitrogens is 2. The summed E-state index contributed by atoms with van der Waals surface area (Å²) in [4.78, 5) is 19.9. The Labute approximate surface area is 277 Å². The first-order valence-corrected chi connectivity index (χ1v) is 18.5. The molecule has 1 amide bonds. The first kappa shape index (κ1) is 36.3. The van der Waals surface area contributed by atoms with Gasteiger partial charge < -0.3 is 24.0 Å². The van der Waals surface area contributed by atoms with Gasteiger partial charge in [0.2, 0.25) is 0 Å². The van der Waals surface area contributed by atoms with Crippen LogP contribution in [0.1, 0.15) is 50.4 Å². The van der Waals surface area contributed by atoms with Crippen molar-refractivity contribution in [2.45, 2.75) is 68.2 Å².